The first-order valence-electron chi connectivity index (χ1n) is 3.11. The molecule has 0 aliphatic rings. The fourth-order valence-electron chi connectivity index (χ4n) is 0.415. The highest BCUT2D eigenvalue weighted by atomic mass is 79.9. The molecule has 0 amide bonds. The molecular formula is C6H12Br2S. The van der Waals surface area contributed by atoms with Crippen LogP contribution < -0.4 is 0 Å². The molecule has 0 bridgehead atoms. The van der Waals surface area contributed by atoms with Gasteiger partial charge in [0.1, 0.15) is 0 Å². The van der Waals surface area contributed by atoms with Gasteiger partial charge in [0.05, 0.1) is 0 Å². The molecule has 0 heterocycles. The number of alkyl halides is 2. The fraction of sp³-hybridized carbons (Fsp3) is 1.00. The minimum atomic E-state index is 1.15. The van der Waals surface area contributed by atoms with Crippen molar-refractivity contribution in [2.45, 2.75) is 12.8 Å². The summed E-state index contributed by atoms with van der Waals surface area (Å²) in [5.41, 5.74) is 0. The molecule has 0 aromatic heterocycles. The summed E-state index contributed by atoms with van der Waals surface area (Å²) < 4.78 is 0. The Kier molecular flexibility index (Phi) is 10.7. The zero-order valence-corrected chi connectivity index (χ0v) is 9.40. The zero-order valence-electron chi connectivity index (χ0n) is 5.41. The first-order valence-corrected chi connectivity index (χ1v) is 6.51. The summed E-state index contributed by atoms with van der Waals surface area (Å²) in [5.74, 6) is 2.61. The van der Waals surface area contributed by atoms with E-state index in [0.29, 0.717) is 0 Å². The lowest BCUT2D eigenvalue weighted by atomic mass is 10.6. The van der Waals surface area contributed by atoms with Crippen molar-refractivity contribution in [1.29, 1.82) is 0 Å². The highest BCUT2D eigenvalue weighted by molar-refractivity contribution is 9.09. The van der Waals surface area contributed by atoms with E-state index in [9.17, 15) is 0 Å². The Morgan fingerprint density at radius 2 is 1.33 bits per heavy atom. The Morgan fingerprint density at radius 3 is 1.67 bits per heavy atom. The summed E-state index contributed by atoms with van der Waals surface area (Å²) >= 11 is 8.83. The van der Waals surface area contributed by atoms with Crippen LogP contribution in [0.15, 0.2) is 0 Å². The Morgan fingerprint density at radius 1 is 0.889 bits per heavy atom. The summed E-state index contributed by atoms with van der Waals surface area (Å²) in [5, 5.41) is 2.29. The number of thioether (sulfide) groups is 1. The maximum atomic E-state index is 3.40. The molecule has 0 aromatic carbocycles. The van der Waals surface area contributed by atoms with Crippen molar-refractivity contribution >= 4 is 43.6 Å². The van der Waals surface area contributed by atoms with Gasteiger partial charge in [-0.25, -0.2) is 0 Å². The minimum Gasteiger partial charge on any atom is -0.162 e. The number of hydrogen-bond acceptors (Lipinski definition) is 1. The lowest BCUT2D eigenvalue weighted by Crippen LogP contribution is -1.84. The van der Waals surface area contributed by atoms with Crippen molar-refractivity contribution in [2.24, 2.45) is 0 Å². The molecular weight excluding hydrogens is 264 g/mol. The van der Waals surface area contributed by atoms with E-state index in [0.717, 1.165) is 10.7 Å². The van der Waals surface area contributed by atoms with E-state index in [1.807, 2.05) is 11.8 Å². The van der Waals surface area contributed by atoms with Gasteiger partial charge < -0.3 is 0 Å². The third-order valence-electron chi connectivity index (χ3n) is 0.845. The van der Waals surface area contributed by atoms with Gasteiger partial charge in [0.2, 0.25) is 0 Å². The molecule has 0 N–H and O–H groups in total. The maximum absolute atomic E-state index is 3.40. The summed E-state index contributed by atoms with van der Waals surface area (Å²) in [6, 6.07) is 0. The van der Waals surface area contributed by atoms with Crippen LogP contribution in [0.1, 0.15) is 12.8 Å². The largest absolute Gasteiger partial charge is 0.162 e. The molecule has 0 aliphatic carbocycles. The van der Waals surface area contributed by atoms with E-state index in [4.69, 9.17) is 0 Å². The molecule has 9 heavy (non-hydrogen) atoms. The van der Waals surface area contributed by atoms with Crippen LogP contribution in [-0.2, 0) is 0 Å². The molecule has 0 saturated heterocycles. The van der Waals surface area contributed by atoms with Crippen molar-refractivity contribution in [1.82, 2.24) is 0 Å². The van der Waals surface area contributed by atoms with Gasteiger partial charge in [-0.3, -0.25) is 0 Å². The van der Waals surface area contributed by atoms with Crippen molar-refractivity contribution in [3.8, 4) is 0 Å². The molecule has 0 saturated carbocycles. The third-order valence-corrected chi connectivity index (χ3v) is 3.12. The molecule has 0 rings (SSSR count). The lowest BCUT2D eigenvalue weighted by molar-refractivity contribution is 1.10. The van der Waals surface area contributed by atoms with E-state index in [2.05, 4.69) is 31.9 Å². The number of hydrogen-bond donors (Lipinski definition) is 0. The molecule has 0 fully saturated rings. The second-order valence-corrected chi connectivity index (χ2v) is 4.51. The molecule has 0 aliphatic heterocycles. The van der Waals surface area contributed by atoms with Gasteiger partial charge in [-0.1, -0.05) is 31.9 Å². The average Bonchev–Trinajstić information content (AvgIpc) is 1.89. The average molecular weight is 276 g/mol. The van der Waals surface area contributed by atoms with E-state index in [1.54, 1.807) is 0 Å². The summed E-state index contributed by atoms with van der Waals surface area (Å²) in [6.07, 6.45) is 2.60. The molecule has 0 nitrogen and oxygen atoms in total. The molecule has 0 spiro atoms. The summed E-state index contributed by atoms with van der Waals surface area (Å²) in [6.45, 7) is 0. The van der Waals surface area contributed by atoms with Crippen LogP contribution in [0.3, 0.4) is 0 Å². The maximum Gasteiger partial charge on any atom is 0.00391 e. The predicted octanol–water partition coefficient (Wildman–Crippen LogP) is 3.29. The van der Waals surface area contributed by atoms with Crippen LogP contribution in [0, 0.1) is 0 Å². The second kappa shape index (κ2) is 9.31. The second-order valence-electron chi connectivity index (χ2n) is 1.70. The van der Waals surface area contributed by atoms with Crippen LogP contribution in [0.2, 0.25) is 0 Å². The SMILES string of the molecule is BrCCCSCCCBr. The van der Waals surface area contributed by atoms with Crippen LogP contribution in [0.25, 0.3) is 0 Å². The molecule has 56 valence electrons. The topological polar surface area (TPSA) is 0 Å². The van der Waals surface area contributed by atoms with Gasteiger partial charge in [-0.2, -0.15) is 11.8 Å². The number of halogens is 2. The highest BCUT2D eigenvalue weighted by Crippen LogP contribution is 2.06. The molecule has 0 unspecified atom stereocenters. The fourth-order valence-corrected chi connectivity index (χ4v) is 2.62. The Balaban J connectivity index is 2.60. The van der Waals surface area contributed by atoms with Crippen LogP contribution >= 0.6 is 43.6 Å². The summed E-state index contributed by atoms with van der Waals surface area (Å²) in [4.78, 5) is 0. The van der Waals surface area contributed by atoms with Crippen molar-refractivity contribution in [2.75, 3.05) is 22.2 Å². The Labute approximate surface area is 78.4 Å². The monoisotopic (exact) mass is 274 g/mol. The lowest BCUT2D eigenvalue weighted by Gasteiger charge is -1.95. The van der Waals surface area contributed by atoms with Gasteiger partial charge in [-0.05, 0) is 24.3 Å². The normalized spacial score (nSPS) is 10.0. The van der Waals surface area contributed by atoms with Gasteiger partial charge in [-0.15, -0.1) is 0 Å². The Bertz CT molecular complexity index is 44.3. The van der Waals surface area contributed by atoms with E-state index < -0.39 is 0 Å². The quantitative estimate of drug-likeness (QED) is 0.530. The zero-order chi connectivity index (χ0) is 6.95. The molecule has 0 atom stereocenters. The molecule has 0 aromatic rings. The smallest absolute Gasteiger partial charge is 0.00391 e. The molecule has 0 radical (unpaired) electrons. The predicted molar refractivity (Wildman–Crippen MR) is 54.1 cm³/mol. The first kappa shape index (κ1) is 10.3. The highest BCUT2D eigenvalue weighted by Gasteiger charge is 1.86. The van der Waals surface area contributed by atoms with Gasteiger partial charge in [0, 0.05) is 10.7 Å². The van der Waals surface area contributed by atoms with Gasteiger partial charge in [0.15, 0.2) is 0 Å². The Hall–Kier alpha value is 1.31. The third kappa shape index (κ3) is 9.31. The van der Waals surface area contributed by atoms with E-state index >= 15 is 0 Å². The first-order chi connectivity index (χ1) is 4.41. The van der Waals surface area contributed by atoms with Gasteiger partial charge >= 0.3 is 0 Å². The number of rotatable bonds is 6. The molecule has 3 heteroatoms. The van der Waals surface area contributed by atoms with Crippen molar-refractivity contribution in [3.63, 3.8) is 0 Å². The standard InChI is InChI=1S/C6H12Br2S/c7-3-1-5-9-6-2-4-8/h1-6H2. The van der Waals surface area contributed by atoms with Crippen LogP contribution in [0.5, 0.6) is 0 Å². The van der Waals surface area contributed by atoms with Crippen molar-refractivity contribution < 1.29 is 0 Å². The van der Waals surface area contributed by atoms with Crippen LogP contribution in [0.4, 0.5) is 0 Å². The van der Waals surface area contributed by atoms with E-state index in [-0.39, 0.29) is 0 Å². The summed E-state index contributed by atoms with van der Waals surface area (Å²) in [7, 11) is 0. The van der Waals surface area contributed by atoms with Crippen molar-refractivity contribution in [3.05, 3.63) is 0 Å². The van der Waals surface area contributed by atoms with Gasteiger partial charge in [0.25, 0.3) is 0 Å². The van der Waals surface area contributed by atoms with Crippen LogP contribution in [-0.4, -0.2) is 22.2 Å². The minimum absolute atomic E-state index is 1.15. The van der Waals surface area contributed by atoms with E-state index in [1.165, 1.54) is 24.3 Å².